The van der Waals surface area contributed by atoms with Gasteiger partial charge in [0.15, 0.2) is 0 Å². The molecule has 0 bridgehead atoms. The van der Waals surface area contributed by atoms with Crippen LogP contribution >= 0.6 is 11.8 Å². The number of fused-ring (bicyclic) bond motifs is 1. The highest BCUT2D eigenvalue weighted by Gasteiger charge is 2.18. The van der Waals surface area contributed by atoms with Crippen molar-refractivity contribution >= 4 is 17.7 Å². The molecule has 0 radical (unpaired) electrons. The lowest BCUT2D eigenvalue weighted by Gasteiger charge is -2.23. The van der Waals surface area contributed by atoms with Gasteiger partial charge in [-0.05, 0) is 54.8 Å². The zero-order valence-electron chi connectivity index (χ0n) is 11.1. The van der Waals surface area contributed by atoms with Gasteiger partial charge in [0.25, 0.3) is 5.91 Å². The Morgan fingerprint density at radius 1 is 1.37 bits per heavy atom. The Hall–Kier alpha value is -1.00. The Morgan fingerprint density at radius 2 is 2.32 bits per heavy atom. The number of rotatable bonds is 2. The van der Waals surface area contributed by atoms with E-state index >= 15 is 0 Å². The van der Waals surface area contributed by atoms with Crippen LogP contribution in [0.4, 0.5) is 0 Å². The van der Waals surface area contributed by atoms with Crippen LogP contribution in [0.15, 0.2) is 18.2 Å². The van der Waals surface area contributed by atoms with E-state index in [4.69, 9.17) is 0 Å². The summed E-state index contributed by atoms with van der Waals surface area (Å²) >= 11 is 1.94. The number of nitrogens with one attached hydrogen (secondary N) is 2. The molecule has 2 N–H and O–H groups in total. The van der Waals surface area contributed by atoms with Crippen LogP contribution in [-0.4, -0.2) is 30.0 Å². The lowest BCUT2D eigenvalue weighted by molar-refractivity contribution is 0.0938. The van der Waals surface area contributed by atoms with Crippen molar-refractivity contribution < 1.29 is 4.79 Å². The Labute approximate surface area is 118 Å². The fraction of sp³-hybridized carbons (Fsp3) is 0.533. The van der Waals surface area contributed by atoms with Crippen LogP contribution in [-0.2, 0) is 13.0 Å². The van der Waals surface area contributed by atoms with Crippen molar-refractivity contribution in [3.8, 4) is 0 Å². The smallest absolute Gasteiger partial charge is 0.251 e. The molecule has 1 unspecified atom stereocenters. The summed E-state index contributed by atoms with van der Waals surface area (Å²) in [6.45, 7) is 1.92. The lowest BCUT2D eigenvalue weighted by atomic mass is 9.98. The molecule has 2 aliphatic heterocycles. The number of hydrogen-bond acceptors (Lipinski definition) is 3. The summed E-state index contributed by atoms with van der Waals surface area (Å²) in [5.74, 6) is 2.37. The minimum Gasteiger partial charge on any atom is -0.348 e. The normalized spacial score (nSPS) is 22.6. The van der Waals surface area contributed by atoms with Crippen molar-refractivity contribution in [2.45, 2.75) is 31.8 Å². The zero-order valence-corrected chi connectivity index (χ0v) is 11.9. The monoisotopic (exact) mass is 276 g/mol. The summed E-state index contributed by atoms with van der Waals surface area (Å²) in [7, 11) is 0. The van der Waals surface area contributed by atoms with E-state index in [0.29, 0.717) is 6.04 Å². The molecular formula is C15H20N2OS. The van der Waals surface area contributed by atoms with Gasteiger partial charge in [-0.1, -0.05) is 6.07 Å². The highest BCUT2D eigenvalue weighted by molar-refractivity contribution is 7.99. The zero-order chi connectivity index (χ0) is 13.1. The Morgan fingerprint density at radius 3 is 3.16 bits per heavy atom. The Balaban J connectivity index is 1.69. The summed E-state index contributed by atoms with van der Waals surface area (Å²) in [6, 6.07) is 6.48. The van der Waals surface area contributed by atoms with Gasteiger partial charge in [0.05, 0.1) is 0 Å². The summed E-state index contributed by atoms with van der Waals surface area (Å²) in [5.41, 5.74) is 3.46. The van der Waals surface area contributed by atoms with Gasteiger partial charge < -0.3 is 10.6 Å². The maximum atomic E-state index is 12.3. The van der Waals surface area contributed by atoms with Crippen LogP contribution in [0.3, 0.4) is 0 Å². The number of carbonyl (C=O) groups excluding carboxylic acids is 1. The second-order valence-corrected chi connectivity index (χ2v) is 6.45. The Kier molecular flexibility index (Phi) is 4.09. The molecule has 102 valence electrons. The summed E-state index contributed by atoms with van der Waals surface area (Å²) in [4.78, 5) is 12.3. The van der Waals surface area contributed by atoms with Crippen LogP contribution in [0.25, 0.3) is 0 Å². The standard InChI is InChI=1S/C15H20N2OS/c18-15(17-14-2-1-7-19-10-14)12-4-3-11-5-6-16-9-13(11)8-12/h3-4,8,14,16H,1-2,5-7,9-10H2,(H,17,18). The predicted octanol–water partition coefficient (Wildman–Crippen LogP) is 1.96. The molecule has 19 heavy (non-hydrogen) atoms. The SMILES string of the molecule is O=C(NC1CCCSC1)c1ccc2c(c1)CNCC2. The first kappa shape index (κ1) is 13.0. The third-order valence-corrected chi connectivity index (χ3v) is 5.07. The lowest BCUT2D eigenvalue weighted by Crippen LogP contribution is -2.38. The topological polar surface area (TPSA) is 41.1 Å². The number of hydrogen-bond donors (Lipinski definition) is 2. The van der Waals surface area contributed by atoms with Crippen LogP contribution in [0.2, 0.25) is 0 Å². The van der Waals surface area contributed by atoms with Crippen molar-refractivity contribution in [1.82, 2.24) is 10.6 Å². The first-order valence-electron chi connectivity index (χ1n) is 7.04. The van der Waals surface area contributed by atoms with E-state index in [1.165, 1.54) is 23.3 Å². The molecule has 1 amide bonds. The number of carbonyl (C=O) groups is 1. The van der Waals surface area contributed by atoms with E-state index in [-0.39, 0.29) is 5.91 Å². The predicted molar refractivity (Wildman–Crippen MR) is 79.7 cm³/mol. The van der Waals surface area contributed by atoms with Crippen LogP contribution in [0, 0.1) is 0 Å². The minimum absolute atomic E-state index is 0.0841. The molecule has 0 aliphatic carbocycles. The third kappa shape index (κ3) is 3.12. The molecule has 4 heteroatoms. The first-order chi connectivity index (χ1) is 9.33. The van der Waals surface area contributed by atoms with Gasteiger partial charge in [0, 0.05) is 23.9 Å². The van der Waals surface area contributed by atoms with E-state index in [2.05, 4.69) is 16.7 Å². The molecule has 0 saturated carbocycles. The van der Waals surface area contributed by atoms with Crippen LogP contribution in [0.5, 0.6) is 0 Å². The van der Waals surface area contributed by atoms with Gasteiger partial charge in [0.2, 0.25) is 0 Å². The Bertz CT molecular complexity index is 469. The summed E-state index contributed by atoms with van der Waals surface area (Å²) in [5, 5.41) is 6.52. The van der Waals surface area contributed by atoms with E-state index < -0.39 is 0 Å². The molecule has 1 aromatic carbocycles. The van der Waals surface area contributed by atoms with Crippen molar-refractivity contribution in [3.05, 3.63) is 34.9 Å². The van der Waals surface area contributed by atoms with Crippen LogP contribution < -0.4 is 10.6 Å². The second-order valence-electron chi connectivity index (χ2n) is 5.30. The molecule has 1 aromatic rings. The first-order valence-corrected chi connectivity index (χ1v) is 8.19. The number of thioether (sulfide) groups is 1. The second kappa shape index (κ2) is 5.97. The molecule has 2 heterocycles. The molecule has 1 saturated heterocycles. The van der Waals surface area contributed by atoms with E-state index in [1.54, 1.807) is 0 Å². The third-order valence-electron chi connectivity index (χ3n) is 3.85. The summed E-state index contributed by atoms with van der Waals surface area (Å²) < 4.78 is 0. The van der Waals surface area contributed by atoms with Gasteiger partial charge in [-0.2, -0.15) is 11.8 Å². The van der Waals surface area contributed by atoms with Crippen molar-refractivity contribution in [2.75, 3.05) is 18.1 Å². The molecule has 1 fully saturated rings. The largest absolute Gasteiger partial charge is 0.348 e. The van der Waals surface area contributed by atoms with E-state index in [9.17, 15) is 4.79 Å². The molecule has 0 spiro atoms. The molecule has 3 rings (SSSR count). The van der Waals surface area contributed by atoms with Crippen molar-refractivity contribution in [3.63, 3.8) is 0 Å². The molecule has 2 aliphatic rings. The van der Waals surface area contributed by atoms with Gasteiger partial charge in [-0.3, -0.25) is 4.79 Å². The maximum absolute atomic E-state index is 12.3. The average Bonchev–Trinajstić information content (AvgIpc) is 2.48. The van der Waals surface area contributed by atoms with Crippen LogP contribution in [0.1, 0.15) is 34.3 Å². The maximum Gasteiger partial charge on any atom is 0.251 e. The van der Waals surface area contributed by atoms with Gasteiger partial charge >= 0.3 is 0 Å². The van der Waals surface area contributed by atoms with Crippen molar-refractivity contribution in [2.24, 2.45) is 0 Å². The number of benzene rings is 1. The molecular weight excluding hydrogens is 256 g/mol. The highest BCUT2D eigenvalue weighted by Crippen LogP contribution is 2.19. The minimum atomic E-state index is 0.0841. The summed E-state index contributed by atoms with van der Waals surface area (Å²) in [6.07, 6.45) is 3.39. The van der Waals surface area contributed by atoms with Crippen molar-refractivity contribution in [1.29, 1.82) is 0 Å². The quantitative estimate of drug-likeness (QED) is 0.867. The fourth-order valence-corrected chi connectivity index (χ4v) is 3.82. The molecule has 0 aromatic heterocycles. The highest BCUT2D eigenvalue weighted by atomic mass is 32.2. The molecule has 1 atom stereocenters. The number of amides is 1. The van der Waals surface area contributed by atoms with Gasteiger partial charge in [-0.25, -0.2) is 0 Å². The molecule has 3 nitrogen and oxygen atoms in total. The van der Waals surface area contributed by atoms with Gasteiger partial charge in [0.1, 0.15) is 0 Å². The average molecular weight is 276 g/mol. The fourth-order valence-electron chi connectivity index (χ4n) is 2.75. The van der Waals surface area contributed by atoms with Gasteiger partial charge in [-0.15, -0.1) is 0 Å². The van der Waals surface area contributed by atoms with E-state index in [1.807, 2.05) is 23.9 Å². The van der Waals surface area contributed by atoms with E-state index in [0.717, 1.165) is 37.2 Å².